The first kappa shape index (κ1) is 20.6. The van der Waals surface area contributed by atoms with Crippen LogP contribution < -0.4 is 0 Å². The van der Waals surface area contributed by atoms with E-state index in [0.717, 1.165) is 17.0 Å². The Hall–Kier alpha value is -2.66. The number of nitrogens with zero attached hydrogens (tertiary/aromatic N) is 5. The highest BCUT2D eigenvalue weighted by Gasteiger charge is 2.24. The lowest BCUT2D eigenvalue weighted by atomic mass is 10.0. The van der Waals surface area contributed by atoms with Crippen molar-refractivity contribution in [2.24, 2.45) is 0 Å². The number of hydrogen-bond acceptors (Lipinski definition) is 5. The van der Waals surface area contributed by atoms with Gasteiger partial charge in [-0.1, -0.05) is 23.2 Å². The fourth-order valence-corrected chi connectivity index (χ4v) is 4.11. The molecule has 1 aromatic carbocycles. The average Bonchev–Trinajstić information content (AvgIpc) is 3.05. The Morgan fingerprint density at radius 3 is 2.70 bits per heavy atom. The molecule has 0 unspecified atom stereocenters. The maximum Gasteiger partial charge on any atom is 0.255 e. The minimum absolute atomic E-state index is 0.135. The molecule has 0 radical (unpaired) electrons. The normalized spacial score (nSPS) is 14.2. The van der Waals surface area contributed by atoms with Gasteiger partial charge in [0.2, 0.25) is 0 Å². The van der Waals surface area contributed by atoms with Crippen molar-refractivity contribution in [2.75, 3.05) is 26.3 Å². The maximum absolute atomic E-state index is 12.9. The molecule has 0 spiro atoms. The maximum atomic E-state index is 12.9. The van der Waals surface area contributed by atoms with Crippen molar-refractivity contribution in [1.82, 2.24) is 19.5 Å². The lowest BCUT2D eigenvalue weighted by Crippen LogP contribution is -2.40. The van der Waals surface area contributed by atoms with E-state index in [2.05, 4.69) is 16.2 Å². The number of aromatic nitrogens is 3. The van der Waals surface area contributed by atoms with Crippen LogP contribution in [0.4, 0.5) is 0 Å². The van der Waals surface area contributed by atoms with Gasteiger partial charge in [-0.05, 0) is 43.2 Å². The predicted octanol–water partition coefficient (Wildman–Crippen LogP) is 3.59. The number of morpholine rings is 1. The van der Waals surface area contributed by atoms with Gasteiger partial charge in [-0.15, -0.1) is 0 Å². The Morgan fingerprint density at radius 2 is 2.00 bits per heavy atom. The fraction of sp³-hybridized carbons (Fsp3) is 0.333. The first-order valence-corrected chi connectivity index (χ1v) is 10.3. The fourth-order valence-electron chi connectivity index (χ4n) is 3.53. The zero-order valence-electron chi connectivity index (χ0n) is 16.6. The van der Waals surface area contributed by atoms with E-state index in [1.807, 2.05) is 19.9 Å². The quantitative estimate of drug-likeness (QED) is 0.617. The number of aryl methyl sites for hydroxylation is 2. The van der Waals surface area contributed by atoms with Crippen molar-refractivity contribution in [3.05, 3.63) is 62.0 Å². The van der Waals surface area contributed by atoms with Gasteiger partial charge in [0, 0.05) is 24.5 Å². The second-order valence-corrected chi connectivity index (χ2v) is 7.96. The third kappa shape index (κ3) is 3.63. The van der Waals surface area contributed by atoms with Gasteiger partial charge in [-0.2, -0.15) is 10.4 Å². The number of amides is 1. The Labute approximate surface area is 183 Å². The number of halogens is 2. The molecule has 7 nitrogen and oxygen atoms in total. The molecule has 30 heavy (non-hydrogen) atoms. The topological polar surface area (TPSA) is 83.5 Å². The minimum atomic E-state index is -0.135. The Morgan fingerprint density at radius 1 is 1.27 bits per heavy atom. The average molecular weight is 444 g/mol. The molecule has 154 valence electrons. The van der Waals surface area contributed by atoms with Crippen molar-refractivity contribution in [1.29, 1.82) is 5.26 Å². The monoisotopic (exact) mass is 443 g/mol. The lowest BCUT2D eigenvalue weighted by molar-refractivity contribution is 0.0303. The largest absolute Gasteiger partial charge is 0.378 e. The van der Waals surface area contributed by atoms with E-state index in [9.17, 15) is 10.1 Å². The summed E-state index contributed by atoms with van der Waals surface area (Å²) < 4.78 is 6.96. The van der Waals surface area contributed by atoms with Gasteiger partial charge >= 0.3 is 0 Å². The molecule has 9 heteroatoms. The van der Waals surface area contributed by atoms with E-state index < -0.39 is 0 Å². The highest BCUT2D eigenvalue weighted by atomic mass is 35.5. The Bertz CT molecular complexity index is 1190. The second kappa shape index (κ2) is 8.23. The zero-order valence-corrected chi connectivity index (χ0v) is 18.1. The van der Waals surface area contributed by atoms with Gasteiger partial charge in [0.1, 0.15) is 6.07 Å². The highest BCUT2D eigenvalue weighted by Crippen LogP contribution is 2.32. The van der Waals surface area contributed by atoms with Crippen LogP contribution in [0.15, 0.2) is 18.2 Å². The summed E-state index contributed by atoms with van der Waals surface area (Å²) in [4.78, 5) is 19.3. The number of carbonyl (C=O) groups excluding carboxylic acids is 1. The molecule has 1 aliphatic heterocycles. The first-order chi connectivity index (χ1) is 14.4. The molecule has 0 atom stereocenters. The van der Waals surface area contributed by atoms with E-state index >= 15 is 0 Å². The first-order valence-electron chi connectivity index (χ1n) is 9.50. The van der Waals surface area contributed by atoms with Crippen molar-refractivity contribution in [3.8, 4) is 6.07 Å². The van der Waals surface area contributed by atoms with Crippen LogP contribution in [-0.4, -0.2) is 51.7 Å². The molecule has 0 saturated carbocycles. The van der Waals surface area contributed by atoms with Crippen LogP contribution in [0.3, 0.4) is 0 Å². The molecule has 0 N–H and O–H groups in total. The summed E-state index contributed by atoms with van der Waals surface area (Å²) in [6.07, 6.45) is 0.345. The summed E-state index contributed by atoms with van der Waals surface area (Å²) in [6, 6.07) is 7.26. The summed E-state index contributed by atoms with van der Waals surface area (Å²) in [5.74, 6) is -0.135. The lowest BCUT2D eigenvalue weighted by Gasteiger charge is -2.27. The highest BCUT2D eigenvalue weighted by molar-refractivity contribution is 6.38. The van der Waals surface area contributed by atoms with Crippen LogP contribution in [0.5, 0.6) is 0 Å². The van der Waals surface area contributed by atoms with Gasteiger partial charge < -0.3 is 9.64 Å². The molecule has 2 aromatic heterocycles. The van der Waals surface area contributed by atoms with E-state index in [1.54, 1.807) is 21.5 Å². The Balaban J connectivity index is 1.72. The van der Waals surface area contributed by atoms with Gasteiger partial charge in [-0.25, -0.2) is 9.50 Å². The van der Waals surface area contributed by atoms with Crippen molar-refractivity contribution >= 4 is 34.8 Å². The SMILES string of the molecule is Cc1cc2nc(Cc3c(Cl)ccc(C(=O)N4CCOCC4)c3Cl)c(C)n2nc1C#N. The molecule has 0 aliphatic carbocycles. The van der Waals surface area contributed by atoms with E-state index in [4.69, 9.17) is 27.9 Å². The molecule has 1 aliphatic rings. The molecular weight excluding hydrogens is 425 g/mol. The van der Waals surface area contributed by atoms with Gasteiger partial charge in [0.05, 0.1) is 35.2 Å². The molecule has 1 saturated heterocycles. The molecule has 1 fully saturated rings. The van der Waals surface area contributed by atoms with Gasteiger partial charge in [0.15, 0.2) is 11.3 Å². The van der Waals surface area contributed by atoms with Crippen LogP contribution in [0.1, 0.15) is 38.6 Å². The summed E-state index contributed by atoms with van der Waals surface area (Å²) in [5.41, 5.74) is 4.34. The number of hydrogen-bond donors (Lipinski definition) is 0. The Kier molecular flexibility index (Phi) is 5.65. The van der Waals surface area contributed by atoms with E-state index in [0.29, 0.717) is 65.2 Å². The third-order valence-electron chi connectivity index (χ3n) is 5.29. The van der Waals surface area contributed by atoms with E-state index in [-0.39, 0.29) is 5.91 Å². The van der Waals surface area contributed by atoms with Gasteiger partial charge in [-0.3, -0.25) is 4.79 Å². The number of rotatable bonds is 3. The van der Waals surface area contributed by atoms with Crippen molar-refractivity contribution < 1.29 is 9.53 Å². The number of carbonyl (C=O) groups is 1. The third-order valence-corrected chi connectivity index (χ3v) is 6.07. The van der Waals surface area contributed by atoms with Crippen molar-refractivity contribution in [2.45, 2.75) is 20.3 Å². The molecule has 1 amide bonds. The summed E-state index contributed by atoms with van der Waals surface area (Å²) in [5, 5.41) is 14.4. The number of ether oxygens (including phenoxy) is 1. The molecule has 3 aromatic rings. The summed E-state index contributed by atoms with van der Waals surface area (Å²) in [7, 11) is 0. The molecule has 0 bridgehead atoms. The van der Waals surface area contributed by atoms with Crippen LogP contribution in [0, 0.1) is 25.2 Å². The predicted molar refractivity (Wildman–Crippen MR) is 113 cm³/mol. The minimum Gasteiger partial charge on any atom is -0.378 e. The summed E-state index contributed by atoms with van der Waals surface area (Å²) in [6.45, 7) is 5.80. The number of imidazole rings is 1. The number of fused-ring (bicyclic) bond motifs is 1. The molecular formula is C21H19Cl2N5O2. The second-order valence-electron chi connectivity index (χ2n) is 7.17. The smallest absolute Gasteiger partial charge is 0.255 e. The number of nitriles is 1. The van der Waals surface area contributed by atoms with Crippen LogP contribution in [0.2, 0.25) is 10.0 Å². The van der Waals surface area contributed by atoms with E-state index in [1.165, 1.54) is 0 Å². The van der Waals surface area contributed by atoms with Crippen LogP contribution in [-0.2, 0) is 11.2 Å². The molecule has 4 rings (SSSR count). The standard InChI is InChI=1S/C21H19Cl2N5O2/c1-12-9-19-25-17(13(2)28(19)26-18(12)11-24)10-15-16(22)4-3-14(20(15)23)21(29)27-5-7-30-8-6-27/h3-4,9H,5-8,10H2,1-2H3. The van der Waals surface area contributed by atoms with Crippen LogP contribution in [0.25, 0.3) is 5.65 Å². The summed E-state index contributed by atoms with van der Waals surface area (Å²) >= 11 is 13.1. The zero-order chi connectivity index (χ0) is 21.4. The van der Waals surface area contributed by atoms with Crippen LogP contribution >= 0.6 is 23.2 Å². The number of benzene rings is 1. The van der Waals surface area contributed by atoms with Gasteiger partial charge in [0.25, 0.3) is 5.91 Å². The van der Waals surface area contributed by atoms with Crippen molar-refractivity contribution in [3.63, 3.8) is 0 Å². The molecule has 3 heterocycles.